The van der Waals surface area contributed by atoms with Gasteiger partial charge in [-0.05, 0) is 42.8 Å². The van der Waals surface area contributed by atoms with E-state index in [1.807, 2.05) is 43.3 Å². The predicted octanol–water partition coefficient (Wildman–Crippen LogP) is 5.50. The van der Waals surface area contributed by atoms with Gasteiger partial charge >= 0.3 is 0 Å². The minimum Gasteiger partial charge on any atom is -0.299 e. The molecule has 2 rings (SSSR count). The van der Waals surface area contributed by atoms with Gasteiger partial charge < -0.3 is 0 Å². The SMILES string of the molecule is Cc1ccc(Cl)c(NNc2ccc(Br)cc2Cl)c1. The summed E-state index contributed by atoms with van der Waals surface area (Å²) in [6, 6.07) is 11.4. The molecule has 0 spiro atoms. The van der Waals surface area contributed by atoms with Crippen molar-refractivity contribution in [2.24, 2.45) is 0 Å². The molecule has 0 saturated carbocycles. The first-order valence-electron chi connectivity index (χ1n) is 5.29. The summed E-state index contributed by atoms with van der Waals surface area (Å²) in [4.78, 5) is 0. The lowest BCUT2D eigenvalue weighted by atomic mass is 10.2. The normalized spacial score (nSPS) is 10.2. The second-order valence-corrected chi connectivity index (χ2v) is 5.59. The molecule has 0 atom stereocenters. The molecule has 0 aliphatic heterocycles. The summed E-state index contributed by atoms with van der Waals surface area (Å²) in [6.07, 6.45) is 0. The van der Waals surface area contributed by atoms with Crippen LogP contribution in [-0.4, -0.2) is 0 Å². The molecule has 0 aliphatic rings. The fourth-order valence-corrected chi connectivity index (χ4v) is 2.35. The molecule has 0 unspecified atom stereocenters. The van der Waals surface area contributed by atoms with Crippen LogP contribution >= 0.6 is 39.1 Å². The minimum atomic E-state index is 0.626. The van der Waals surface area contributed by atoms with E-state index in [0.717, 1.165) is 21.4 Å². The van der Waals surface area contributed by atoms with Crippen LogP contribution in [0.5, 0.6) is 0 Å². The van der Waals surface area contributed by atoms with Crippen molar-refractivity contribution in [3.05, 3.63) is 56.5 Å². The first kappa shape index (κ1) is 13.5. The van der Waals surface area contributed by atoms with E-state index in [-0.39, 0.29) is 0 Å². The molecule has 18 heavy (non-hydrogen) atoms. The first-order valence-corrected chi connectivity index (χ1v) is 6.84. The van der Waals surface area contributed by atoms with Crippen LogP contribution in [0.3, 0.4) is 0 Å². The molecule has 0 bridgehead atoms. The van der Waals surface area contributed by atoms with Crippen molar-refractivity contribution < 1.29 is 0 Å². The molecule has 0 aromatic heterocycles. The van der Waals surface area contributed by atoms with E-state index in [2.05, 4.69) is 26.8 Å². The third-order valence-electron chi connectivity index (χ3n) is 2.38. The van der Waals surface area contributed by atoms with Crippen LogP contribution in [0.4, 0.5) is 11.4 Å². The van der Waals surface area contributed by atoms with Crippen molar-refractivity contribution in [2.45, 2.75) is 6.92 Å². The quantitative estimate of drug-likeness (QED) is 0.717. The predicted molar refractivity (Wildman–Crippen MR) is 82.6 cm³/mol. The molecule has 0 radical (unpaired) electrons. The second-order valence-electron chi connectivity index (χ2n) is 3.86. The Morgan fingerprint density at radius 2 is 1.61 bits per heavy atom. The summed E-state index contributed by atoms with van der Waals surface area (Å²) in [5.74, 6) is 0. The summed E-state index contributed by atoms with van der Waals surface area (Å²) in [7, 11) is 0. The van der Waals surface area contributed by atoms with E-state index >= 15 is 0 Å². The fraction of sp³-hybridized carbons (Fsp3) is 0.0769. The number of rotatable bonds is 3. The maximum atomic E-state index is 6.10. The van der Waals surface area contributed by atoms with Crippen molar-refractivity contribution >= 4 is 50.5 Å². The number of aryl methyl sites for hydroxylation is 1. The Bertz CT molecular complexity index is 573. The van der Waals surface area contributed by atoms with Gasteiger partial charge in [0, 0.05) is 4.47 Å². The van der Waals surface area contributed by atoms with E-state index in [4.69, 9.17) is 23.2 Å². The maximum Gasteiger partial charge on any atom is 0.0728 e. The zero-order chi connectivity index (χ0) is 13.1. The molecule has 94 valence electrons. The lowest BCUT2D eigenvalue weighted by Gasteiger charge is -2.13. The Kier molecular flexibility index (Phi) is 4.38. The van der Waals surface area contributed by atoms with Gasteiger partial charge in [-0.25, -0.2) is 0 Å². The van der Waals surface area contributed by atoms with Crippen LogP contribution in [0.2, 0.25) is 10.0 Å². The van der Waals surface area contributed by atoms with E-state index in [0.29, 0.717) is 10.0 Å². The van der Waals surface area contributed by atoms with Gasteiger partial charge in [0.15, 0.2) is 0 Å². The number of benzene rings is 2. The molecule has 5 heteroatoms. The van der Waals surface area contributed by atoms with Crippen molar-refractivity contribution in [3.63, 3.8) is 0 Å². The van der Waals surface area contributed by atoms with Crippen molar-refractivity contribution in [1.82, 2.24) is 0 Å². The molecule has 0 heterocycles. The number of hydrogen-bond donors (Lipinski definition) is 2. The van der Waals surface area contributed by atoms with Crippen molar-refractivity contribution in [3.8, 4) is 0 Å². The Labute approximate surface area is 124 Å². The van der Waals surface area contributed by atoms with E-state index in [9.17, 15) is 0 Å². The Balaban J connectivity index is 2.13. The largest absolute Gasteiger partial charge is 0.299 e. The van der Waals surface area contributed by atoms with Gasteiger partial charge in [0.05, 0.1) is 21.4 Å². The Morgan fingerprint density at radius 1 is 0.889 bits per heavy atom. The first-order chi connectivity index (χ1) is 8.56. The van der Waals surface area contributed by atoms with Gasteiger partial charge in [0.2, 0.25) is 0 Å². The molecule has 0 amide bonds. The van der Waals surface area contributed by atoms with Gasteiger partial charge in [-0.2, -0.15) is 0 Å². The third kappa shape index (κ3) is 3.31. The molecule has 2 aromatic carbocycles. The molecular weight excluding hydrogens is 335 g/mol. The zero-order valence-corrected chi connectivity index (χ0v) is 12.7. The summed E-state index contributed by atoms with van der Waals surface area (Å²) >= 11 is 15.5. The van der Waals surface area contributed by atoms with Crippen molar-refractivity contribution in [2.75, 3.05) is 10.9 Å². The van der Waals surface area contributed by atoms with Gasteiger partial charge in [0.1, 0.15) is 0 Å². The van der Waals surface area contributed by atoms with Crippen LogP contribution in [0, 0.1) is 6.92 Å². The van der Waals surface area contributed by atoms with Gasteiger partial charge in [0.25, 0.3) is 0 Å². The van der Waals surface area contributed by atoms with E-state index in [1.165, 1.54) is 0 Å². The van der Waals surface area contributed by atoms with Crippen LogP contribution in [0.25, 0.3) is 0 Å². The fourth-order valence-electron chi connectivity index (χ4n) is 1.46. The minimum absolute atomic E-state index is 0.626. The monoisotopic (exact) mass is 344 g/mol. The number of nitrogens with one attached hydrogen (secondary N) is 2. The van der Waals surface area contributed by atoms with E-state index in [1.54, 1.807) is 0 Å². The summed E-state index contributed by atoms with van der Waals surface area (Å²) < 4.78 is 0.937. The lowest BCUT2D eigenvalue weighted by Crippen LogP contribution is -2.09. The van der Waals surface area contributed by atoms with Gasteiger partial charge in [-0.1, -0.05) is 45.2 Å². The molecular formula is C13H11BrCl2N2. The smallest absolute Gasteiger partial charge is 0.0728 e. The highest BCUT2D eigenvalue weighted by Crippen LogP contribution is 2.27. The molecule has 0 fully saturated rings. The Morgan fingerprint density at radius 3 is 2.33 bits per heavy atom. The summed E-state index contributed by atoms with van der Waals surface area (Å²) in [6.45, 7) is 2.01. The Hall–Kier alpha value is -0.900. The van der Waals surface area contributed by atoms with Crippen LogP contribution in [0.1, 0.15) is 5.56 Å². The molecule has 0 saturated heterocycles. The lowest BCUT2D eigenvalue weighted by molar-refractivity contribution is 1.38. The maximum absolute atomic E-state index is 6.10. The average Bonchev–Trinajstić information content (AvgIpc) is 2.32. The number of hydrazine groups is 1. The number of hydrogen-bond acceptors (Lipinski definition) is 2. The summed E-state index contributed by atoms with van der Waals surface area (Å²) in [5, 5.41) is 1.28. The molecule has 2 aromatic rings. The summed E-state index contributed by atoms with van der Waals surface area (Å²) in [5.41, 5.74) is 8.82. The second kappa shape index (κ2) is 5.83. The molecule has 0 aliphatic carbocycles. The molecule has 2 N–H and O–H groups in total. The van der Waals surface area contributed by atoms with E-state index < -0.39 is 0 Å². The number of anilines is 2. The van der Waals surface area contributed by atoms with Crippen molar-refractivity contribution in [1.29, 1.82) is 0 Å². The molecule has 2 nitrogen and oxygen atoms in total. The van der Waals surface area contributed by atoms with Gasteiger partial charge in [-0.15, -0.1) is 0 Å². The third-order valence-corrected chi connectivity index (χ3v) is 3.52. The number of halogens is 3. The van der Waals surface area contributed by atoms with Gasteiger partial charge in [-0.3, -0.25) is 10.9 Å². The highest BCUT2D eigenvalue weighted by Gasteiger charge is 2.02. The van der Waals surface area contributed by atoms with Crippen LogP contribution in [0.15, 0.2) is 40.9 Å². The van der Waals surface area contributed by atoms with Crippen LogP contribution in [-0.2, 0) is 0 Å². The standard InChI is InChI=1S/C13H11BrCl2N2/c1-8-2-4-10(15)13(6-8)18-17-12-5-3-9(14)7-11(12)16/h2-7,17-18H,1H3. The average molecular weight is 346 g/mol. The highest BCUT2D eigenvalue weighted by atomic mass is 79.9. The van der Waals surface area contributed by atoms with Crippen LogP contribution < -0.4 is 10.9 Å². The topological polar surface area (TPSA) is 24.1 Å². The zero-order valence-electron chi connectivity index (χ0n) is 9.60. The highest BCUT2D eigenvalue weighted by molar-refractivity contribution is 9.10.